The van der Waals surface area contributed by atoms with E-state index in [4.69, 9.17) is 0 Å². The summed E-state index contributed by atoms with van der Waals surface area (Å²) in [6.07, 6.45) is -3.66. The van der Waals surface area contributed by atoms with Crippen molar-refractivity contribution in [2.45, 2.75) is 31.2 Å². The fourth-order valence-electron chi connectivity index (χ4n) is 1.71. The van der Waals surface area contributed by atoms with Crippen molar-refractivity contribution in [1.29, 1.82) is 0 Å². The van der Waals surface area contributed by atoms with Gasteiger partial charge < -0.3 is 4.90 Å². The lowest BCUT2D eigenvalue weighted by molar-refractivity contribution is -0.187. The summed E-state index contributed by atoms with van der Waals surface area (Å²) in [4.78, 5) is 12.7. The molecule has 1 amide bonds. The number of halogens is 3. The van der Waals surface area contributed by atoms with Crippen LogP contribution in [0.4, 0.5) is 13.2 Å². The van der Waals surface area contributed by atoms with Gasteiger partial charge in [0.2, 0.25) is 5.91 Å². The highest BCUT2D eigenvalue weighted by atomic mass is 32.1. The molecule has 2 unspecified atom stereocenters. The minimum Gasteiger partial charge on any atom is -0.341 e. The first-order chi connectivity index (χ1) is 6.82. The Morgan fingerprint density at radius 1 is 1.53 bits per heavy atom. The van der Waals surface area contributed by atoms with Crippen LogP contribution >= 0.6 is 12.6 Å². The lowest BCUT2D eigenvalue weighted by atomic mass is 9.97. The monoisotopic (exact) mass is 241 g/mol. The quantitative estimate of drug-likeness (QED) is 0.697. The fourth-order valence-corrected chi connectivity index (χ4v) is 1.87. The van der Waals surface area contributed by atoms with Gasteiger partial charge in [0.15, 0.2) is 0 Å². The first kappa shape index (κ1) is 12.7. The number of alkyl halides is 3. The molecule has 0 spiro atoms. The van der Waals surface area contributed by atoms with Gasteiger partial charge in [-0.05, 0) is 19.8 Å². The van der Waals surface area contributed by atoms with Crippen molar-refractivity contribution in [3.8, 4) is 0 Å². The van der Waals surface area contributed by atoms with E-state index in [0.717, 1.165) is 0 Å². The molecule has 0 aromatic rings. The normalized spacial score (nSPS) is 25.1. The lowest BCUT2D eigenvalue weighted by Gasteiger charge is -2.34. The van der Waals surface area contributed by atoms with Crippen LogP contribution < -0.4 is 0 Å². The van der Waals surface area contributed by atoms with Gasteiger partial charge in [0, 0.05) is 13.1 Å². The largest absolute Gasteiger partial charge is 0.393 e. The van der Waals surface area contributed by atoms with Gasteiger partial charge in [-0.2, -0.15) is 25.8 Å². The van der Waals surface area contributed by atoms with Crippen LogP contribution in [-0.4, -0.2) is 35.3 Å². The molecule has 6 heteroatoms. The van der Waals surface area contributed by atoms with Crippen LogP contribution in [0.5, 0.6) is 0 Å². The van der Waals surface area contributed by atoms with E-state index in [1.807, 2.05) is 0 Å². The number of thiol groups is 1. The summed E-state index contributed by atoms with van der Waals surface area (Å²) in [5.74, 6) is -1.69. The molecule has 0 bridgehead atoms. The van der Waals surface area contributed by atoms with Crippen molar-refractivity contribution >= 4 is 18.5 Å². The Labute approximate surface area is 92.2 Å². The van der Waals surface area contributed by atoms with Gasteiger partial charge in [0.1, 0.15) is 0 Å². The summed E-state index contributed by atoms with van der Waals surface area (Å²) in [7, 11) is 0. The standard InChI is InChI=1S/C9H14F3NOS/c1-6(15)8(14)13-4-2-3-7(5-13)9(10,11)12/h6-7,15H,2-5H2,1H3. The van der Waals surface area contributed by atoms with Crippen LogP contribution in [0.3, 0.4) is 0 Å². The van der Waals surface area contributed by atoms with Gasteiger partial charge in [0.05, 0.1) is 11.2 Å². The van der Waals surface area contributed by atoms with Crippen LogP contribution in [0.1, 0.15) is 19.8 Å². The molecule has 1 saturated heterocycles. The topological polar surface area (TPSA) is 20.3 Å². The lowest BCUT2D eigenvalue weighted by Crippen LogP contribution is -2.46. The summed E-state index contributed by atoms with van der Waals surface area (Å²) in [6, 6.07) is 0. The maximum atomic E-state index is 12.4. The molecule has 1 aliphatic rings. The first-order valence-electron chi connectivity index (χ1n) is 4.86. The summed E-state index contributed by atoms with van der Waals surface area (Å²) in [6.45, 7) is 1.77. The molecular formula is C9H14F3NOS. The molecule has 2 atom stereocenters. The Hall–Kier alpha value is -0.390. The second-order valence-electron chi connectivity index (χ2n) is 3.84. The maximum Gasteiger partial charge on any atom is 0.393 e. The van der Waals surface area contributed by atoms with Crippen LogP contribution in [0.25, 0.3) is 0 Å². The smallest absolute Gasteiger partial charge is 0.341 e. The second-order valence-corrected chi connectivity index (χ2v) is 4.62. The summed E-state index contributed by atoms with van der Waals surface area (Å²) >= 11 is 3.93. The van der Waals surface area contributed by atoms with Crippen LogP contribution in [0, 0.1) is 5.92 Å². The Balaban J connectivity index is 2.60. The molecule has 0 N–H and O–H groups in total. The van der Waals surface area contributed by atoms with Gasteiger partial charge in [0.25, 0.3) is 0 Å². The Morgan fingerprint density at radius 2 is 2.13 bits per heavy atom. The highest BCUT2D eigenvalue weighted by Crippen LogP contribution is 2.33. The zero-order valence-electron chi connectivity index (χ0n) is 8.42. The summed E-state index contributed by atoms with van der Waals surface area (Å²) in [5, 5.41) is -0.531. The van der Waals surface area contributed by atoms with E-state index >= 15 is 0 Å². The molecule has 88 valence electrons. The van der Waals surface area contributed by atoms with Crippen LogP contribution in [-0.2, 0) is 4.79 Å². The third kappa shape index (κ3) is 3.29. The minimum atomic E-state index is -4.20. The van der Waals surface area contributed by atoms with Gasteiger partial charge in [-0.15, -0.1) is 0 Å². The average Bonchev–Trinajstić information content (AvgIpc) is 2.15. The molecule has 0 radical (unpaired) electrons. The fraction of sp³-hybridized carbons (Fsp3) is 0.889. The highest BCUT2D eigenvalue weighted by Gasteiger charge is 2.42. The van der Waals surface area contributed by atoms with Gasteiger partial charge in [-0.3, -0.25) is 4.79 Å². The molecule has 2 nitrogen and oxygen atoms in total. The maximum absolute atomic E-state index is 12.4. The van der Waals surface area contributed by atoms with Crippen molar-refractivity contribution in [2.75, 3.05) is 13.1 Å². The van der Waals surface area contributed by atoms with E-state index in [0.29, 0.717) is 13.0 Å². The SMILES string of the molecule is CC(S)C(=O)N1CCCC(C(F)(F)F)C1. The van der Waals surface area contributed by atoms with Gasteiger partial charge >= 0.3 is 6.18 Å². The van der Waals surface area contributed by atoms with E-state index in [1.165, 1.54) is 4.90 Å². The minimum absolute atomic E-state index is 0.119. The molecule has 1 aliphatic heterocycles. The van der Waals surface area contributed by atoms with Crippen LogP contribution in [0.2, 0.25) is 0 Å². The number of hydrogen-bond donors (Lipinski definition) is 1. The molecule has 1 rings (SSSR count). The molecule has 0 aromatic heterocycles. The van der Waals surface area contributed by atoms with Crippen molar-refractivity contribution in [3.05, 3.63) is 0 Å². The number of carbonyl (C=O) groups excluding carboxylic acids is 1. The molecule has 0 aromatic carbocycles. The van der Waals surface area contributed by atoms with Crippen LogP contribution in [0.15, 0.2) is 0 Å². The molecule has 0 saturated carbocycles. The number of likely N-dealkylation sites (tertiary alicyclic amines) is 1. The predicted molar refractivity (Wildman–Crippen MR) is 53.8 cm³/mol. The number of rotatable bonds is 1. The first-order valence-corrected chi connectivity index (χ1v) is 5.37. The van der Waals surface area contributed by atoms with E-state index < -0.39 is 17.3 Å². The Kier molecular flexibility index (Phi) is 3.92. The summed E-state index contributed by atoms with van der Waals surface area (Å²) in [5.41, 5.74) is 0. The van der Waals surface area contributed by atoms with E-state index in [9.17, 15) is 18.0 Å². The van der Waals surface area contributed by atoms with Crippen molar-refractivity contribution < 1.29 is 18.0 Å². The van der Waals surface area contributed by atoms with E-state index in [2.05, 4.69) is 12.6 Å². The number of nitrogens with zero attached hydrogens (tertiary/aromatic N) is 1. The second kappa shape index (κ2) is 4.63. The van der Waals surface area contributed by atoms with Crippen molar-refractivity contribution in [2.24, 2.45) is 5.92 Å². The average molecular weight is 241 g/mol. The van der Waals surface area contributed by atoms with E-state index in [-0.39, 0.29) is 18.9 Å². The predicted octanol–water partition coefficient (Wildman–Crippen LogP) is 2.11. The summed E-state index contributed by atoms with van der Waals surface area (Å²) < 4.78 is 37.3. The third-order valence-electron chi connectivity index (χ3n) is 2.55. The number of piperidine rings is 1. The third-order valence-corrected chi connectivity index (χ3v) is 2.77. The van der Waals surface area contributed by atoms with Crippen molar-refractivity contribution in [3.63, 3.8) is 0 Å². The molecule has 1 fully saturated rings. The van der Waals surface area contributed by atoms with E-state index in [1.54, 1.807) is 6.92 Å². The van der Waals surface area contributed by atoms with Gasteiger partial charge in [-0.1, -0.05) is 0 Å². The highest BCUT2D eigenvalue weighted by molar-refractivity contribution is 7.81. The van der Waals surface area contributed by atoms with Gasteiger partial charge in [-0.25, -0.2) is 0 Å². The zero-order chi connectivity index (χ0) is 11.6. The molecule has 15 heavy (non-hydrogen) atoms. The molecule has 1 heterocycles. The number of carbonyl (C=O) groups is 1. The number of hydrogen-bond acceptors (Lipinski definition) is 2. The molecule has 0 aliphatic carbocycles. The number of amides is 1. The zero-order valence-corrected chi connectivity index (χ0v) is 9.31. The van der Waals surface area contributed by atoms with Crippen molar-refractivity contribution in [1.82, 2.24) is 4.90 Å². The Bertz CT molecular complexity index is 242. The Morgan fingerprint density at radius 3 is 2.60 bits per heavy atom. The molecular weight excluding hydrogens is 227 g/mol.